The fourth-order valence-corrected chi connectivity index (χ4v) is 5.95. The van der Waals surface area contributed by atoms with Gasteiger partial charge in [-0.05, 0) is 54.9 Å². The van der Waals surface area contributed by atoms with Crippen molar-refractivity contribution in [3.8, 4) is 11.1 Å². The van der Waals surface area contributed by atoms with E-state index in [4.69, 9.17) is 0 Å². The van der Waals surface area contributed by atoms with Gasteiger partial charge in [0.2, 0.25) is 17.7 Å². The molecule has 0 spiro atoms. The number of hydrogen-bond acceptors (Lipinski definition) is 4. The lowest BCUT2D eigenvalue weighted by atomic mass is 9.63. The summed E-state index contributed by atoms with van der Waals surface area (Å²) in [4.78, 5) is 53.1. The predicted octanol–water partition coefficient (Wildman–Crippen LogP) is 3.42. The summed E-state index contributed by atoms with van der Waals surface area (Å²) in [6, 6.07) is 11.7. The van der Waals surface area contributed by atoms with Crippen molar-refractivity contribution in [3.05, 3.63) is 65.7 Å². The third kappa shape index (κ3) is 2.52. The number of amides is 3. The molecule has 1 aliphatic heterocycles. The number of imide groups is 1. The van der Waals surface area contributed by atoms with Crippen molar-refractivity contribution in [2.45, 2.75) is 25.8 Å². The van der Waals surface area contributed by atoms with Gasteiger partial charge in [-0.25, -0.2) is 0 Å². The lowest BCUT2D eigenvalue weighted by molar-refractivity contribution is -0.146. The van der Waals surface area contributed by atoms with Gasteiger partial charge in [0.1, 0.15) is 6.04 Å². The number of benzene rings is 2. The van der Waals surface area contributed by atoms with Crippen LogP contribution in [0.3, 0.4) is 0 Å². The number of fused-ring (bicyclic) bond motifs is 4. The number of likely N-dealkylation sites (tertiary alicyclic amines) is 1. The van der Waals surface area contributed by atoms with Crippen LogP contribution in [0.4, 0.5) is 5.69 Å². The van der Waals surface area contributed by atoms with Gasteiger partial charge < -0.3 is 5.32 Å². The molecule has 2 fully saturated rings. The monoisotopic (exact) mass is 426 g/mol. The third-order valence-electron chi connectivity index (χ3n) is 7.55. The first-order valence-electron chi connectivity index (χ1n) is 11.1. The molecule has 6 heteroatoms. The summed E-state index contributed by atoms with van der Waals surface area (Å²) in [5.41, 5.74) is 3.39. The molecule has 2 aromatic carbocycles. The Balaban J connectivity index is 1.23. The zero-order valence-corrected chi connectivity index (χ0v) is 17.6. The maximum atomic E-state index is 13.1. The van der Waals surface area contributed by atoms with Crippen molar-refractivity contribution in [2.24, 2.45) is 23.7 Å². The van der Waals surface area contributed by atoms with Gasteiger partial charge >= 0.3 is 0 Å². The normalized spacial score (nSPS) is 27.9. The van der Waals surface area contributed by atoms with E-state index in [9.17, 15) is 19.2 Å². The summed E-state index contributed by atoms with van der Waals surface area (Å²) in [5, 5.41) is 2.80. The highest BCUT2D eigenvalue weighted by atomic mass is 16.2. The first-order valence-corrected chi connectivity index (χ1v) is 11.1. The van der Waals surface area contributed by atoms with Gasteiger partial charge in [0, 0.05) is 16.8 Å². The van der Waals surface area contributed by atoms with Crippen LogP contribution in [0.15, 0.2) is 54.6 Å². The van der Waals surface area contributed by atoms with Crippen LogP contribution in [-0.4, -0.2) is 34.4 Å². The molecule has 2 aromatic rings. The summed E-state index contributed by atoms with van der Waals surface area (Å²) < 4.78 is 0. The summed E-state index contributed by atoms with van der Waals surface area (Å²) in [5.74, 6) is -1.47. The average molecular weight is 426 g/mol. The number of nitrogens with zero attached hydrogens (tertiary/aromatic N) is 1. The highest BCUT2D eigenvalue weighted by Crippen LogP contribution is 2.50. The number of allylic oxidation sites excluding steroid dienone is 2. The van der Waals surface area contributed by atoms with Crippen molar-refractivity contribution in [2.75, 3.05) is 5.32 Å². The van der Waals surface area contributed by atoms with Crippen LogP contribution in [0.25, 0.3) is 11.1 Å². The van der Waals surface area contributed by atoms with E-state index in [-0.39, 0.29) is 41.3 Å². The lowest BCUT2D eigenvalue weighted by Crippen LogP contribution is -2.46. The molecule has 4 aliphatic carbocycles. The van der Waals surface area contributed by atoms with E-state index in [1.54, 1.807) is 25.1 Å². The largest absolute Gasteiger partial charge is 0.324 e. The number of carbonyl (C=O) groups excluding carboxylic acids is 4. The molecule has 1 N–H and O–H groups in total. The van der Waals surface area contributed by atoms with Crippen LogP contribution in [0.2, 0.25) is 0 Å². The van der Waals surface area contributed by atoms with Crippen LogP contribution >= 0.6 is 0 Å². The second-order valence-electron chi connectivity index (χ2n) is 9.19. The fourth-order valence-electron chi connectivity index (χ4n) is 5.95. The Morgan fingerprint density at radius 2 is 1.47 bits per heavy atom. The molecule has 0 aromatic heterocycles. The Morgan fingerprint density at radius 3 is 2.09 bits per heavy atom. The Kier molecular flexibility index (Phi) is 4.03. The highest BCUT2D eigenvalue weighted by Gasteiger charge is 2.58. The topological polar surface area (TPSA) is 83.6 Å². The first-order chi connectivity index (χ1) is 15.5. The Labute approximate surface area is 185 Å². The van der Waals surface area contributed by atoms with Crippen molar-refractivity contribution in [1.29, 1.82) is 0 Å². The number of rotatable bonds is 3. The minimum absolute atomic E-state index is 0.0725. The predicted molar refractivity (Wildman–Crippen MR) is 118 cm³/mol. The number of hydrogen-bond donors (Lipinski definition) is 1. The van der Waals surface area contributed by atoms with Gasteiger partial charge in [0.05, 0.1) is 11.8 Å². The van der Waals surface area contributed by atoms with E-state index >= 15 is 0 Å². The Morgan fingerprint density at radius 1 is 0.875 bits per heavy atom. The van der Waals surface area contributed by atoms with Crippen molar-refractivity contribution in [3.63, 3.8) is 0 Å². The average Bonchev–Trinajstić information content (AvgIpc) is 3.26. The summed E-state index contributed by atoms with van der Waals surface area (Å²) in [7, 11) is 0. The van der Waals surface area contributed by atoms with E-state index in [2.05, 4.69) is 17.5 Å². The first kappa shape index (κ1) is 19.2. The molecule has 160 valence electrons. The molecular formula is C26H22N2O4. The third-order valence-corrected chi connectivity index (χ3v) is 7.55. The Hall–Kier alpha value is -3.54. The molecule has 7 rings (SSSR count). The van der Waals surface area contributed by atoms with Gasteiger partial charge in [-0.15, -0.1) is 0 Å². The van der Waals surface area contributed by atoms with Gasteiger partial charge in [0.15, 0.2) is 5.78 Å². The summed E-state index contributed by atoms with van der Waals surface area (Å²) in [6.07, 6.45) is 5.96. The zero-order chi connectivity index (χ0) is 22.1. The van der Waals surface area contributed by atoms with E-state index in [1.807, 2.05) is 24.3 Å². The quantitative estimate of drug-likeness (QED) is 0.514. The molecule has 3 amide bonds. The molecular weight excluding hydrogens is 404 g/mol. The lowest BCUT2D eigenvalue weighted by Gasteiger charge is -2.38. The van der Waals surface area contributed by atoms with Gasteiger partial charge in [-0.2, -0.15) is 0 Å². The van der Waals surface area contributed by atoms with Gasteiger partial charge in [-0.3, -0.25) is 24.1 Å². The smallest absolute Gasteiger partial charge is 0.247 e. The van der Waals surface area contributed by atoms with Crippen LogP contribution in [-0.2, 0) is 14.4 Å². The number of anilines is 1. The van der Waals surface area contributed by atoms with Gasteiger partial charge in [-0.1, -0.05) is 42.5 Å². The van der Waals surface area contributed by atoms with Gasteiger partial charge in [0.25, 0.3) is 0 Å². The zero-order valence-electron chi connectivity index (χ0n) is 17.6. The number of ketones is 1. The molecule has 1 saturated heterocycles. The Bertz CT molecular complexity index is 1210. The molecule has 32 heavy (non-hydrogen) atoms. The van der Waals surface area contributed by atoms with Crippen molar-refractivity contribution < 1.29 is 19.2 Å². The molecule has 1 saturated carbocycles. The second kappa shape index (κ2) is 6.73. The SMILES string of the molecule is C[C@@H](C(=O)Nc1ccc2c(c1)C(=O)c1ccccc1-2)N1C(=O)[C@@H]2[C@H](C1=O)[C@H]1C=C[C@H]2CC1. The van der Waals surface area contributed by atoms with Crippen LogP contribution in [0.5, 0.6) is 0 Å². The molecule has 5 aliphatic rings. The van der Waals surface area contributed by atoms with Crippen molar-refractivity contribution >= 4 is 29.2 Å². The molecule has 2 bridgehead atoms. The molecule has 6 nitrogen and oxygen atoms in total. The van der Waals surface area contributed by atoms with Crippen LogP contribution < -0.4 is 5.32 Å². The van der Waals surface area contributed by atoms with Crippen LogP contribution in [0, 0.1) is 23.7 Å². The molecule has 0 unspecified atom stereocenters. The minimum atomic E-state index is -0.916. The summed E-state index contributed by atoms with van der Waals surface area (Å²) in [6.45, 7) is 1.59. The fraction of sp³-hybridized carbons (Fsp3) is 0.308. The second-order valence-corrected chi connectivity index (χ2v) is 9.19. The number of carbonyl (C=O) groups is 4. The molecule has 0 radical (unpaired) electrons. The maximum absolute atomic E-state index is 13.1. The van der Waals surface area contributed by atoms with Crippen LogP contribution in [0.1, 0.15) is 35.7 Å². The number of nitrogens with one attached hydrogen (secondary N) is 1. The van der Waals surface area contributed by atoms with E-state index < -0.39 is 11.9 Å². The van der Waals surface area contributed by atoms with E-state index in [0.29, 0.717) is 16.8 Å². The minimum Gasteiger partial charge on any atom is -0.324 e. The van der Waals surface area contributed by atoms with Crippen molar-refractivity contribution in [1.82, 2.24) is 4.90 Å². The summed E-state index contributed by atoms with van der Waals surface area (Å²) >= 11 is 0. The highest BCUT2D eigenvalue weighted by molar-refractivity contribution is 6.22. The standard InChI is InChI=1S/C26H22N2O4/c1-13(28-25(31)21-14-6-7-15(9-8-14)22(21)26(28)32)24(30)27-16-10-11-18-17-4-2-3-5-19(17)23(29)20(18)12-16/h2-7,10-15,21-22H,8-9H2,1H3,(H,27,30)/t13-,14-,15-,21-,22+/m0/s1. The molecule has 1 heterocycles. The van der Waals surface area contributed by atoms with E-state index in [0.717, 1.165) is 28.9 Å². The van der Waals surface area contributed by atoms with E-state index in [1.165, 1.54) is 0 Å². The maximum Gasteiger partial charge on any atom is 0.247 e. The molecule has 5 atom stereocenters.